The highest BCUT2D eigenvalue weighted by Crippen LogP contribution is 2.39. The zero-order valence-corrected chi connectivity index (χ0v) is 19.8. The molecule has 2 amide bonds. The molecule has 1 aromatic heterocycles. The van der Waals surface area contributed by atoms with Crippen molar-refractivity contribution in [3.63, 3.8) is 0 Å². The maximum Gasteiger partial charge on any atom is 0.268 e. The van der Waals surface area contributed by atoms with Crippen LogP contribution in [0.3, 0.4) is 0 Å². The van der Waals surface area contributed by atoms with Crippen molar-refractivity contribution in [3.05, 3.63) is 94.3 Å². The van der Waals surface area contributed by atoms with E-state index in [4.69, 9.17) is 11.6 Å². The van der Waals surface area contributed by atoms with Gasteiger partial charge in [0.25, 0.3) is 5.91 Å². The van der Waals surface area contributed by atoms with Gasteiger partial charge in [-0.1, -0.05) is 48.0 Å². The minimum atomic E-state index is -0.303. The molecule has 0 bridgehead atoms. The van der Waals surface area contributed by atoms with Crippen LogP contribution in [0.1, 0.15) is 34.5 Å². The van der Waals surface area contributed by atoms with Crippen LogP contribution in [0.25, 0.3) is 10.1 Å². The Hall–Kier alpha value is -3.15. The third-order valence-electron chi connectivity index (χ3n) is 6.14. The number of anilines is 2. The van der Waals surface area contributed by atoms with E-state index >= 15 is 0 Å². The Morgan fingerprint density at radius 1 is 1.03 bits per heavy atom. The largest absolute Gasteiger partial charge is 0.312 e. The van der Waals surface area contributed by atoms with Crippen LogP contribution in [-0.4, -0.2) is 24.9 Å². The number of benzene rings is 3. The molecule has 166 valence electrons. The number of amides is 2. The third kappa shape index (κ3) is 4.03. The molecule has 0 saturated carbocycles. The summed E-state index contributed by atoms with van der Waals surface area (Å²) in [7, 11) is 0. The number of rotatable bonds is 4. The van der Waals surface area contributed by atoms with Crippen molar-refractivity contribution in [3.8, 4) is 0 Å². The predicted octanol–water partition coefficient (Wildman–Crippen LogP) is 6.74. The van der Waals surface area contributed by atoms with E-state index < -0.39 is 0 Å². The van der Waals surface area contributed by atoms with Crippen molar-refractivity contribution < 1.29 is 9.59 Å². The lowest BCUT2D eigenvalue weighted by Crippen LogP contribution is -2.42. The zero-order valence-electron chi connectivity index (χ0n) is 18.2. The first-order valence-corrected chi connectivity index (χ1v) is 12.2. The summed E-state index contributed by atoms with van der Waals surface area (Å²) in [4.78, 5) is 31.4. The molecule has 0 fully saturated rings. The Morgan fingerprint density at radius 3 is 2.52 bits per heavy atom. The van der Waals surface area contributed by atoms with E-state index in [1.165, 1.54) is 11.3 Å². The predicted molar refractivity (Wildman–Crippen MR) is 137 cm³/mol. The first-order valence-electron chi connectivity index (χ1n) is 11.0. The van der Waals surface area contributed by atoms with Gasteiger partial charge in [-0.3, -0.25) is 9.59 Å². The Morgan fingerprint density at radius 2 is 1.76 bits per heavy atom. The number of hydrogen-bond donors (Lipinski definition) is 0. The molecule has 33 heavy (non-hydrogen) atoms. The molecule has 0 saturated heterocycles. The highest BCUT2D eigenvalue weighted by molar-refractivity contribution is 7.20. The molecule has 2 heterocycles. The monoisotopic (exact) mass is 474 g/mol. The zero-order chi connectivity index (χ0) is 22.9. The molecule has 0 N–H and O–H groups in total. The second-order valence-corrected chi connectivity index (χ2v) is 9.58. The van der Waals surface area contributed by atoms with Gasteiger partial charge < -0.3 is 9.80 Å². The highest BCUT2D eigenvalue weighted by Gasteiger charge is 2.35. The number of para-hydroxylation sites is 1. The van der Waals surface area contributed by atoms with Crippen molar-refractivity contribution in [2.24, 2.45) is 0 Å². The molecule has 1 atom stereocenters. The first-order chi connectivity index (χ1) is 16.1. The van der Waals surface area contributed by atoms with Crippen LogP contribution in [-0.2, 0) is 4.79 Å². The molecule has 3 aromatic carbocycles. The Kier molecular flexibility index (Phi) is 5.92. The van der Waals surface area contributed by atoms with Gasteiger partial charge in [0.15, 0.2) is 0 Å². The maximum absolute atomic E-state index is 13.6. The second-order valence-electron chi connectivity index (χ2n) is 8.06. The Labute approximate surface area is 202 Å². The van der Waals surface area contributed by atoms with Gasteiger partial charge in [-0.05, 0) is 66.8 Å². The van der Waals surface area contributed by atoms with Crippen LogP contribution in [0.15, 0.2) is 78.9 Å². The van der Waals surface area contributed by atoms with Crippen LogP contribution in [0, 0.1) is 0 Å². The molecule has 5 rings (SSSR count). The fourth-order valence-corrected chi connectivity index (χ4v) is 5.66. The number of carbonyl (C=O) groups is 2. The Bertz CT molecular complexity index is 1300. The fourth-order valence-electron chi connectivity index (χ4n) is 4.52. The summed E-state index contributed by atoms with van der Waals surface area (Å²) in [6, 6.07) is 25.1. The van der Waals surface area contributed by atoms with Gasteiger partial charge in [0, 0.05) is 34.2 Å². The third-order valence-corrected chi connectivity index (χ3v) is 7.50. The number of likely N-dealkylation sites (N-methyl/N-ethyl adjacent to an activating group) is 1. The number of hydrogen-bond acceptors (Lipinski definition) is 3. The van der Waals surface area contributed by atoms with Crippen LogP contribution < -0.4 is 9.80 Å². The maximum atomic E-state index is 13.6. The number of thiophene rings is 1. The van der Waals surface area contributed by atoms with E-state index in [2.05, 4.69) is 0 Å². The summed E-state index contributed by atoms with van der Waals surface area (Å²) in [6.45, 7) is 3.03. The fraction of sp³-hybridized carbons (Fsp3) is 0.185. The Balaban J connectivity index is 1.46. The van der Waals surface area contributed by atoms with Gasteiger partial charge in [0.05, 0.1) is 10.8 Å². The number of halogens is 1. The van der Waals surface area contributed by atoms with Crippen molar-refractivity contribution in [1.82, 2.24) is 0 Å². The van der Waals surface area contributed by atoms with Crippen LogP contribution in [0.5, 0.6) is 0 Å². The smallest absolute Gasteiger partial charge is 0.268 e. The van der Waals surface area contributed by atoms with Gasteiger partial charge in [0.2, 0.25) is 5.91 Å². The molecule has 0 radical (unpaired) electrons. The number of nitrogens with zero attached hydrogens (tertiary/aromatic N) is 2. The van der Waals surface area contributed by atoms with Gasteiger partial charge in [-0.2, -0.15) is 0 Å². The average Bonchev–Trinajstić information content (AvgIpc) is 3.29. The van der Waals surface area contributed by atoms with Crippen molar-refractivity contribution in [2.75, 3.05) is 22.9 Å². The van der Waals surface area contributed by atoms with E-state index in [-0.39, 0.29) is 17.7 Å². The van der Waals surface area contributed by atoms with Crippen molar-refractivity contribution in [1.29, 1.82) is 0 Å². The van der Waals surface area contributed by atoms with Crippen molar-refractivity contribution >= 4 is 56.2 Å². The average molecular weight is 475 g/mol. The van der Waals surface area contributed by atoms with Gasteiger partial charge >= 0.3 is 0 Å². The van der Waals surface area contributed by atoms with Crippen LogP contribution >= 0.6 is 22.9 Å². The summed E-state index contributed by atoms with van der Waals surface area (Å²) in [5.41, 5.74) is 2.54. The topological polar surface area (TPSA) is 40.6 Å². The molecule has 4 aromatic rings. The molecule has 1 aliphatic rings. The van der Waals surface area contributed by atoms with Crippen LogP contribution in [0.2, 0.25) is 5.02 Å². The minimum Gasteiger partial charge on any atom is -0.312 e. The van der Waals surface area contributed by atoms with E-state index in [1.54, 1.807) is 17.0 Å². The number of fused-ring (bicyclic) bond motifs is 2. The molecule has 4 nitrogen and oxygen atoms in total. The quantitative estimate of drug-likeness (QED) is 0.328. The van der Waals surface area contributed by atoms with Crippen molar-refractivity contribution in [2.45, 2.75) is 19.3 Å². The van der Waals surface area contributed by atoms with Gasteiger partial charge in [-0.25, -0.2) is 0 Å². The molecular formula is C27H23ClN2O2S. The lowest BCUT2D eigenvalue weighted by molar-refractivity contribution is -0.120. The second kappa shape index (κ2) is 9.00. The summed E-state index contributed by atoms with van der Waals surface area (Å²) >= 11 is 7.55. The van der Waals surface area contributed by atoms with E-state index in [1.807, 2.05) is 78.6 Å². The normalized spacial score (nSPS) is 15.3. The summed E-state index contributed by atoms with van der Waals surface area (Å²) < 4.78 is 1.10. The standard InChI is InChI=1S/C27H23ClN2O2S/c1-2-29(20-13-11-19(28)12-14-20)26(31)22-15-16-30(23-9-5-4-8-21(22)23)27(32)25-17-18-7-3-6-10-24(18)33-25/h3-14,17,22H,2,15-16H2,1H3/t22-/m1/s1. The minimum absolute atomic E-state index is 0.0143. The first kappa shape index (κ1) is 21.7. The highest BCUT2D eigenvalue weighted by atomic mass is 35.5. The van der Waals surface area contributed by atoms with E-state index in [9.17, 15) is 9.59 Å². The lowest BCUT2D eigenvalue weighted by Gasteiger charge is -2.35. The van der Waals surface area contributed by atoms with Gasteiger partial charge in [0.1, 0.15) is 0 Å². The van der Waals surface area contributed by atoms with E-state index in [0.717, 1.165) is 27.0 Å². The van der Waals surface area contributed by atoms with E-state index in [0.29, 0.717) is 29.4 Å². The summed E-state index contributed by atoms with van der Waals surface area (Å²) in [6.07, 6.45) is 0.580. The van der Waals surface area contributed by atoms with Gasteiger partial charge in [-0.15, -0.1) is 11.3 Å². The summed E-state index contributed by atoms with van der Waals surface area (Å²) in [5, 5.41) is 1.71. The molecule has 0 unspecified atom stereocenters. The van der Waals surface area contributed by atoms with Crippen LogP contribution in [0.4, 0.5) is 11.4 Å². The molecule has 0 spiro atoms. The molecule has 0 aliphatic carbocycles. The molecule has 6 heteroatoms. The summed E-state index contributed by atoms with van der Waals surface area (Å²) in [5.74, 6) is -0.274. The molecular weight excluding hydrogens is 452 g/mol. The number of carbonyl (C=O) groups excluding carboxylic acids is 2. The molecule has 1 aliphatic heterocycles. The lowest BCUT2D eigenvalue weighted by atomic mass is 9.88. The SMILES string of the molecule is CCN(C(=O)[C@@H]1CCN(C(=O)c2cc3ccccc3s2)c2ccccc21)c1ccc(Cl)cc1.